The Labute approximate surface area is 77.2 Å². The van der Waals surface area contributed by atoms with E-state index in [1.165, 1.54) is 25.7 Å². The molecule has 0 atom stereocenters. The van der Waals surface area contributed by atoms with Gasteiger partial charge in [-0.1, -0.05) is 0 Å². The molecule has 4 nitrogen and oxygen atoms in total. The molecule has 2 rings (SSSR count). The molecule has 13 heavy (non-hydrogen) atoms. The first-order valence-electron chi connectivity index (χ1n) is 4.21. The number of rotatable bonds is 1. The van der Waals surface area contributed by atoms with E-state index in [1.807, 2.05) is 0 Å². The van der Waals surface area contributed by atoms with Gasteiger partial charge in [-0.2, -0.15) is 0 Å². The molecule has 3 N–H and O–H groups in total. The van der Waals surface area contributed by atoms with Crippen LogP contribution in [0.15, 0.2) is 24.5 Å². The fourth-order valence-corrected chi connectivity index (χ4v) is 0.685. The molecule has 0 saturated carbocycles. The quantitative estimate of drug-likeness (QED) is 0.645. The summed E-state index contributed by atoms with van der Waals surface area (Å²) < 4.78 is 0. The second kappa shape index (κ2) is 5.27. The van der Waals surface area contributed by atoms with Crippen LogP contribution < -0.4 is 11.1 Å². The van der Waals surface area contributed by atoms with Crippen molar-refractivity contribution in [2.45, 2.75) is 6.42 Å². The summed E-state index contributed by atoms with van der Waals surface area (Å²) in [7, 11) is 0. The minimum atomic E-state index is -0.442. The predicted octanol–water partition coefficient (Wildman–Crippen LogP) is 0.160. The number of aromatic nitrogens is 1. The summed E-state index contributed by atoms with van der Waals surface area (Å²) in [4.78, 5) is 14.1. The van der Waals surface area contributed by atoms with E-state index >= 15 is 0 Å². The Bertz CT molecular complexity index is 253. The van der Waals surface area contributed by atoms with Crippen molar-refractivity contribution in [3.05, 3.63) is 30.1 Å². The first-order chi connectivity index (χ1) is 6.30. The number of primary amides is 1. The monoisotopic (exact) mass is 179 g/mol. The highest BCUT2D eigenvalue weighted by Crippen LogP contribution is 1.91. The maximum atomic E-state index is 10.4. The van der Waals surface area contributed by atoms with Crippen molar-refractivity contribution < 1.29 is 4.79 Å². The Balaban J connectivity index is 0.000000175. The molecule has 2 heterocycles. The molecule has 0 aliphatic carbocycles. The van der Waals surface area contributed by atoms with Crippen LogP contribution in [0.25, 0.3) is 0 Å². The van der Waals surface area contributed by atoms with Gasteiger partial charge in [-0.25, -0.2) is 0 Å². The van der Waals surface area contributed by atoms with E-state index in [2.05, 4.69) is 10.3 Å². The third-order valence-corrected chi connectivity index (χ3v) is 1.65. The second-order valence-corrected chi connectivity index (χ2v) is 2.71. The maximum absolute atomic E-state index is 10.4. The zero-order valence-corrected chi connectivity index (χ0v) is 7.36. The summed E-state index contributed by atoms with van der Waals surface area (Å²) in [6.07, 6.45) is 4.41. The van der Waals surface area contributed by atoms with Crippen LogP contribution in [0.1, 0.15) is 16.8 Å². The number of carbonyl (C=O) groups is 1. The van der Waals surface area contributed by atoms with Crippen molar-refractivity contribution in [1.82, 2.24) is 10.3 Å². The van der Waals surface area contributed by atoms with Crippen molar-refractivity contribution in [2.24, 2.45) is 5.73 Å². The van der Waals surface area contributed by atoms with Crippen LogP contribution in [0.5, 0.6) is 0 Å². The standard InChI is InChI=1S/C6H6N2O.C3H7N/c7-6(9)5-2-1-3-8-4-5;1-2-4-3-1/h1-4H,(H2,7,9);4H,1-3H2. The van der Waals surface area contributed by atoms with Crippen LogP contribution in [0.4, 0.5) is 0 Å². The van der Waals surface area contributed by atoms with Gasteiger partial charge in [0.15, 0.2) is 0 Å². The summed E-state index contributed by atoms with van der Waals surface area (Å²) in [6.45, 7) is 2.50. The van der Waals surface area contributed by atoms with Gasteiger partial charge in [-0.05, 0) is 31.6 Å². The van der Waals surface area contributed by atoms with Crippen molar-refractivity contribution in [3.63, 3.8) is 0 Å². The van der Waals surface area contributed by atoms with Crippen LogP contribution in [-0.2, 0) is 0 Å². The highest BCUT2D eigenvalue weighted by atomic mass is 16.1. The molecule has 0 aromatic carbocycles. The summed E-state index contributed by atoms with van der Waals surface area (Å²) >= 11 is 0. The lowest BCUT2D eigenvalue weighted by Crippen LogP contribution is -2.29. The largest absolute Gasteiger partial charge is 0.366 e. The average molecular weight is 179 g/mol. The van der Waals surface area contributed by atoms with E-state index in [9.17, 15) is 4.79 Å². The Morgan fingerprint density at radius 1 is 1.54 bits per heavy atom. The van der Waals surface area contributed by atoms with Crippen LogP contribution in [0.3, 0.4) is 0 Å². The van der Waals surface area contributed by atoms with Gasteiger partial charge in [0.25, 0.3) is 0 Å². The van der Waals surface area contributed by atoms with Crippen LogP contribution >= 0.6 is 0 Å². The molecule has 1 fully saturated rings. The maximum Gasteiger partial charge on any atom is 0.250 e. The normalized spacial score (nSPS) is 13.5. The van der Waals surface area contributed by atoms with Gasteiger partial charge in [0, 0.05) is 12.4 Å². The van der Waals surface area contributed by atoms with Gasteiger partial charge in [0.05, 0.1) is 5.56 Å². The molecule has 1 aliphatic rings. The molecular formula is C9H13N3O. The second-order valence-electron chi connectivity index (χ2n) is 2.71. The molecule has 0 bridgehead atoms. The Morgan fingerprint density at radius 2 is 2.15 bits per heavy atom. The van der Waals surface area contributed by atoms with Gasteiger partial charge < -0.3 is 11.1 Å². The van der Waals surface area contributed by atoms with Gasteiger partial charge in [0.2, 0.25) is 5.91 Å². The summed E-state index contributed by atoms with van der Waals surface area (Å²) in [5.41, 5.74) is 5.38. The van der Waals surface area contributed by atoms with Crippen LogP contribution in [0, 0.1) is 0 Å². The molecular weight excluding hydrogens is 166 g/mol. The fraction of sp³-hybridized carbons (Fsp3) is 0.333. The zero-order chi connectivity index (χ0) is 9.52. The van der Waals surface area contributed by atoms with Crippen LogP contribution in [-0.4, -0.2) is 24.0 Å². The molecule has 1 amide bonds. The number of pyridine rings is 1. The highest BCUT2D eigenvalue weighted by Gasteiger charge is 1.94. The first kappa shape index (κ1) is 9.67. The lowest BCUT2D eigenvalue weighted by atomic mass is 10.3. The van der Waals surface area contributed by atoms with E-state index in [4.69, 9.17) is 5.73 Å². The Morgan fingerprint density at radius 3 is 2.38 bits per heavy atom. The van der Waals surface area contributed by atoms with Crippen LogP contribution in [0.2, 0.25) is 0 Å². The van der Waals surface area contributed by atoms with Crippen molar-refractivity contribution in [2.75, 3.05) is 13.1 Å². The molecule has 0 radical (unpaired) electrons. The number of hydrogen-bond acceptors (Lipinski definition) is 3. The molecule has 0 unspecified atom stereocenters. The number of nitrogens with zero attached hydrogens (tertiary/aromatic N) is 1. The van der Waals surface area contributed by atoms with Gasteiger partial charge in [-0.3, -0.25) is 9.78 Å². The minimum absolute atomic E-state index is 0.442. The molecule has 1 aliphatic heterocycles. The summed E-state index contributed by atoms with van der Waals surface area (Å²) in [5, 5.41) is 3.11. The van der Waals surface area contributed by atoms with Crippen molar-refractivity contribution in [3.8, 4) is 0 Å². The predicted molar refractivity (Wildman–Crippen MR) is 50.2 cm³/mol. The number of nitrogens with one attached hydrogen (secondary N) is 1. The lowest BCUT2D eigenvalue weighted by Gasteiger charge is -2.09. The Kier molecular flexibility index (Phi) is 3.92. The molecule has 1 saturated heterocycles. The lowest BCUT2D eigenvalue weighted by molar-refractivity contribution is 0.1000. The number of hydrogen-bond donors (Lipinski definition) is 2. The van der Waals surface area contributed by atoms with Crippen molar-refractivity contribution >= 4 is 5.91 Å². The van der Waals surface area contributed by atoms with Gasteiger partial charge in [0.1, 0.15) is 0 Å². The van der Waals surface area contributed by atoms with Gasteiger partial charge >= 0.3 is 0 Å². The highest BCUT2D eigenvalue weighted by molar-refractivity contribution is 5.92. The zero-order valence-electron chi connectivity index (χ0n) is 7.36. The summed E-state index contributed by atoms with van der Waals surface area (Å²) in [6, 6.07) is 3.29. The topological polar surface area (TPSA) is 68.0 Å². The van der Waals surface area contributed by atoms with E-state index in [-0.39, 0.29) is 0 Å². The third kappa shape index (κ3) is 3.66. The number of amides is 1. The molecule has 1 aromatic rings. The number of carbonyl (C=O) groups excluding carboxylic acids is 1. The van der Waals surface area contributed by atoms with Gasteiger partial charge in [-0.15, -0.1) is 0 Å². The van der Waals surface area contributed by atoms with E-state index < -0.39 is 5.91 Å². The average Bonchev–Trinajstić information content (AvgIpc) is 2.03. The van der Waals surface area contributed by atoms with E-state index in [1.54, 1.807) is 18.3 Å². The SMILES string of the molecule is C1CNC1.NC(=O)c1cccnc1. The minimum Gasteiger partial charge on any atom is -0.366 e. The molecule has 1 aromatic heterocycles. The molecule has 0 spiro atoms. The van der Waals surface area contributed by atoms with E-state index in [0.717, 1.165) is 0 Å². The fourth-order valence-electron chi connectivity index (χ4n) is 0.685. The summed E-state index contributed by atoms with van der Waals surface area (Å²) in [5.74, 6) is -0.442. The smallest absolute Gasteiger partial charge is 0.250 e. The van der Waals surface area contributed by atoms with E-state index in [0.29, 0.717) is 5.56 Å². The van der Waals surface area contributed by atoms with Crippen molar-refractivity contribution in [1.29, 1.82) is 0 Å². The molecule has 4 heteroatoms. The first-order valence-corrected chi connectivity index (χ1v) is 4.21. The third-order valence-electron chi connectivity index (χ3n) is 1.65. The Hall–Kier alpha value is -1.42. The molecule has 70 valence electrons. The number of nitrogens with two attached hydrogens (primary N) is 1.